The van der Waals surface area contributed by atoms with E-state index in [-0.39, 0.29) is 18.4 Å². The van der Waals surface area contributed by atoms with E-state index in [1.807, 2.05) is 6.92 Å². The molecule has 0 fully saturated rings. The van der Waals surface area contributed by atoms with Crippen molar-refractivity contribution in [3.8, 4) is 6.01 Å². The van der Waals surface area contributed by atoms with Crippen LogP contribution < -0.4 is 10.1 Å². The van der Waals surface area contributed by atoms with E-state index in [1.54, 1.807) is 24.5 Å². The first-order chi connectivity index (χ1) is 11.1. The molecule has 0 aliphatic rings. The van der Waals surface area contributed by atoms with Crippen molar-refractivity contribution in [3.63, 3.8) is 0 Å². The van der Waals surface area contributed by atoms with Crippen molar-refractivity contribution in [1.29, 1.82) is 5.53 Å². The molecular weight excluding hydrogens is 365 g/mol. The monoisotopic (exact) mass is 379 g/mol. The molecule has 0 spiro atoms. The first-order valence-corrected chi connectivity index (χ1v) is 7.63. The molecule has 0 bridgehead atoms. The lowest BCUT2D eigenvalue weighted by Gasteiger charge is -2.06. The van der Waals surface area contributed by atoms with Gasteiger partial charge in [-0.25, -0.2) is 19.9 Å². The van der Waals surface area contributed by atoms with Crippen LogP contribution in [0.3, 0.4) is 0 Å². The quantitative estimate of drug-likeness (QED) is 0.702. The summed E-state index contributed by atoms with van der Waals surface area (Å²) in [5.41, 5.74) is 9.17. The van der Waals surface area contributed by atoms with Gasteiger partial charge in [0, 0.05) is 24.3 Å². The number of rotatable bonds is 7. The SMILES string of the molecule is CCc1cnc(OC/C(=C/Nc2ccc(F)c(Br)c2)N=N)nc1. The highest BCUT2D eigenvalue weighted by Gasteiger charge is 2.03. The van der Waals surface area contributed by atoms with Gasteiger partial charge in [0.1, 0.15) is 18.1 Å². The smallest absolute Gasteiger partial charge is 0.316 e. The van der Waals surface area contributed by atoms with Gasteiger partial charge in [0.25, 0.3) is 0 Å². The molecule has 1 aromatic heterocycles. The minimum absolute atomic E-state index is 0.0460. The third-order valence-corrected chi connectivity index (χ3v) is 3.52. The normalized spacial score (nSPS) is 11.2. The van der Waals surface area contributed by atoms with E-state index in [0.717, 1.165) is 12.0 Å². The van der Waals surface area contributed by atoms with E-state index in [9.17, 15) is 4.39 Å². The van der Waals surface area contributed by atoms with Crippen molar-refractivity contribution in [3.05, 3.63) is 58.3 Å². The molecule has 8 heteroatoms. The van der Waals surface area contributed by atoms with Crippen molar-refractivity contribution >= 4 is 21.6 Å². The van der Waals surface area contributed by atoms with Crippen LogP contribution in [0.25, 0.3) is 0 Å². The lowest BCUT2D eigenvalue weighted by atomic mass is 10.3. The minimum atomic E-state index is -0.346. The molecule has 2 rings (SSSR count). The predicted octanol–water partition coefficient (Wildman–Crippen LogP) is 4.30. The third kappa shape index (κ3) is 5.10. The Bertz CT molecular complexity index is 706. The summed E-state index contributed by atoms with van der Waals surface area (Å²) in [5.74, 6) is -0.346. The van der Waals surface area contributed by atoms with Gasteiger partial charge in [0.15, 0.2) is 0 Å². The van der Waals surface area contributed by atoms with Crippen molar-refractivity contribution < 1.29 is 9.13 Å². The molecule has 0 amide bonds. The minimum Gasteiger partial charge on any atom is -0.457 e. The van der Waals surface area contributed by atoms with Gasteiger partial charge in [-0.3, -0.25) is 0 Å². The summed E-state index contributed by atoms with van der Waals surface area (Å²) in [7, 11) is 0. The number of hydrogen-bond donors (Lipinski definition) is 2. The summed E-state index contributed by atoms with van der Waals surface area (Å²) in [4.78, 5) is 8.13. The fraction of sp³-hybridized carbons (Fsp3) is 0.200. The zero-order chi connectivity index (χ0) is 16.7. The average molecular weight is 380 g/mol. The van der Waals surface area contributed by atoms with E-state index >= 15 is 0 Å². The van der Waals surface area contributed by atoms with Crippen molar-refractivity contribution in [1.82, 2.24) is 9.97 Å². The molecule has 1 heterocycles. The Balaban J connectivity index is 1.95. The van der Waals surface area contributed by atoms with Crippen LogP contribution in [0.15, 0.2) is 52.1 Å². The number of nitrogens with one attached hydrogen (secondary N) is 2. The summed E-state index contributed by atoms with van der Waals surface area (Å²) in [6, 6.07) is 4.71. The van der Waals surface area contributed by atoms with Crippen LogP contribution in [-0.4, -0.2) is 16.6 Å². The molecule has 6 nitrogen and oxygen atoms in total. The first-order valence-electron chi connectivity index (χ1n) is 6.84. The number of hydrogen-bond acceptors (Lipinski definition) is 6. The van der Waals surface area contributed by atoms with Crippen molar-refractivity contribution in [2.24, 2.45) is 5.11 Å². The molecule has 0 aliphatic heterocycles. The molecule has 0 unspecified atom stereocenters. The molecule has 120 valence electrons. The van der Waals surface area contributed by atoms with Crippen LogP contribution in [0.5, 0.6) is 6.01 Å². The Kier molecular flexibility index (Phi) is 6.16. The van der Waals surface area contributed by atoms with Crippen LogP contribution in [0, 0.1) is 11.3 Å². The Hall–Kier alpha value is -2.35. The van der Waals surface area contributed by atoms with Gasteiger partial charge in [-0.15, -0.1) is 0 Å². The van der Waals surface area contributed by atoms with Gasteiger partial charge in [0.2, 0.25) is 0 Å². The standard InChI is InChI=1S/C15H15BrFN5O/c1-2-10-6-20-15(21-7-10)23-9-12(22-18)8-19-11-3-4-14(17)13(16)5-11/h3-8,18-19H,2,9H2,1H3/b12-8-,22-18?. The van der Waals surface area contributed by atoms with Gasteiger partial charge in [-0.05, 0) is 46.1 Å². The Morgan fingerprint density at radius 3 is 2.78 bits per heavy atom. The van der Waals surface area contributed by atoms with E-state index in [0.29, 0.717) is 15.9 Å². The average Bonchev–Trinajstić information content (AvgIpc) is 2.58. The third-order valence-electron chi connectivity index (χ3n) is 2.91. The molecule has 0 saturated carbocycles. The van der Waals surface area contributed by atoms with Crippen LogP contribution >= 0.6 is 15.9 Å². The van der Waals surface area contributed by atoms with Crippen molar-refractivity contribution in [2.45, 2.75) is 13.3 Å². The Labute approximate surface area is 141 Å². The number of aromatic nitrogens is 2. The topological polar surface area (TPSA) is 83.2 Å². The van der Waals surface area contributed by atoms with Crippen LogP contribution in [0.1, 0.15) is 12.5 Å². The number of halogens is 2. The van der Waals surface area contributed by atoms with Crippen LogP contribution in [0.4, 0.5) is 10.1 Å². The maximum atomic E-state index is 13.2. The molecule has 2 N–H and O–H groups in total. The van der Waals surface area contributed by atoms with Gasteiger partial charge in [-0.2, -0.15) is 5.11 Å². The van der Waals surface area contributed by atoms with E-state index in [2.05, 4.69) is 36.3 Å². The predicted molar refractivity (Wildman–Crippen MR) is 87.9 cm³/mol. The molecule has 0 atom stereocenters. The molecule has 0 aliphatic carbocycles. The zero-order valence-electron chi connectivity index (χ0n) is 12.4. The molecule has 1 aromatic carbocycles. The molecule has 2 aromatic rings. The summed E-state index contributed by atoms with van der Waals surface area (Å²) < 4.78 is 18.9. The van der Waals surface area contributed by atoms with Crippen LogP contribution in [0.2, 0.25) is 0 Å². The van der Waals surface area contributed by atoms with E-state index in [1.165, 1.54) is 12.3 Å². The number of aryl methyl sites for hydroxylation is 1. The lowest BCUT2D eigenvalue weighted by Crippen LogP contribution is -2.04. The lowest BCUT2D eigenvalue weighted by molar-refractivity contribution is 0.320. The molecular formula is C15H15BrFN5O. The number of nitrogens with zero attached hydrogens (tertiary/aromatic N) is 3. The fourth-order valence-electron chi connectivity index (χ4n) is 1.60. The number of anilines is 1. The van der Waals surface area contributed by atoms with Gasteiger partial charge in [0.05, 0.1) is 4.47 Å². The van der Waals surface area contributed by atoms with Gasteiger partial charge < -0.3 is 10.1 Å². The Morgan fingerprint density at radius 1 is 1.43 bits per heavy atom. The number of benzene rings is 1. The maximum Gasteiger partial charge on any atom is 0.316 e. The van der Waals surface area contributed by atoms with E-state index in [4.69, 9.17) is 10.3 Å². The molecule has 23 heavy (non-hydrogen) atoms. The maximum absolute atomic E-state index is 13.2. The summed E-state index contributed by atoms with van der Waals surface area (Å²) >= 11 is 3.11. The summed E-state index contributed by atoms with van der Waals surface area (Å²) in [6.07, 6.45) is 5.74. The molecule has 0 radical (unpaired) electrons. The largest absolute Gasteiger partial charge is 0.457 e. The second-order valence-electron chi connectivity index (χ2n) is 4.54. The highest BCUT2D eigenvalue weighted by molar-refractivity contribution is 9.10. The van der Waals surface area contributed by atoms with Crippen molar-refractivity contribution in [2.75, 3.05) is 11.9 Å². The second-order valence-corrected chi connectivity index (χ2v) is 5.39. The zero-order valence-corrected chi connectivity index (χ0v) is 14.0. The summed E-state index contributed by atoms with van der Waals surface area (Å²) in [6.45, 7) is 2.06. The highest BCUT2D eigenvalue weighted by atomic mass is 79.9. The number of ether oxygens (including phenoxy) is 1. The fourth-order valence-corrected chi connectivity index (χ4v) is 1.98. The van der Waals surface area contributed by atoms with Gasteiger partial charge in [-0.1, -0.05) is 6.92 Å². The molecule has 0 saturated heterocycles. The summed E-state index contributed by atoms with van der Waals surface area (Å²) in [5, 5.41) is 6.30. The highest BCUT2D eigenvalue weighted by Crippen LogP contribution is 2.20. The van der Waals surface area contributed by atoms with Gasteiger partial charge >= 0.3 is 6.01 Å². The van der Waals surface area contributed by atoms with Crippen LogP contribution in [-0.2, 0) is 6.42 Å². The Morgan fingerprint density at radius 2 is 2.17 bits per heavy atom. The first kappa shape index (κ1) is 17.0. The van der Waals surface area contributed by atoms with E-state index < -0.39 is 0 Å². The second kappa shape index (κ2) is 8.33.